The van der Waals surface area contributed by atoms with Crippen LogP contribution in [0.3, 0.4) is 0 Å². The van der Waals surface area contributed by atoms with Crippen LogP contribution in [-0.2, 0) is 108 Å². The van der Waals surface area contributed by atoms with Crippen molar-refractivity contribution in [3.8, 4) is 0 Å². The zero-order valence-corrected chi connectivity index (χ0v) is 19.9. The maximum atomic E-state index is 3.25. The van der Waals surface area contributed by atoms with Gasteiger partial charge in [-0.05, 0) is 0 Å². The minimum Gasteiger partial charge on any atom is -0.358 e. The van der Waals surface area contributed by atoms with E-state index in [9.17, 15) is 0 Å². The molecule has 0 aromatic rings. The predicted octanol–water partition coefficient (Wildman–Crippen LogP) is 3.02. The van der Waals surface area contributed by atoms with Crippen LogP contribution in [0.2, 0.25) is 0 Å². The topological polar surface area (TPSA) is 0 Å². The third-order valence-corrected chi connectivity index (χ3v) is 0. The molecule has 11 heavy (non-hydrogen) atoms. The second kappa shape index (κ2) is 167. The van der Waals surface area contributed by atoms with Gasteiger partial charge in [0.05, 0.1) is 0 Å². The maximum Gasteiger partial charge on any atom is 2.00 e. The van der Waals surface area contributed by atoms with Gasteiger partial charge in [-0.2, -0.15) is 13.8 Å². The van der Waals surface area contributed by atoms with Crippen LogP contribution in [0, 0.1) is 36.1 Å². The first-order chi connectivity index (χ1) is 2.00. The summed E-state index contributed by atoms with van der Waals surface area (Å²) < 4.78 is 0. The fourth-order valence-corrected chi connectivity index (χ4v) is 0. The van der Waals surface area contributed by atoms with E-state index in [-0.39, 0.29) is 130 Å². The van der Waals surface area contributed by atoms with Crippen molar-refractivity contribution in [2.45, 2.75) is 13.8 Å². The van der Waals surface area contributed by atoms with E-state index in [1.165, 1.54) is 0 Å². The molecule has 0 bridgehead atoms. The molecular weight excluding hydrogens is 630 g/mol. The molecule has 0 aliphatic carbocycles. The summed E-state index contributed by atoms with van der Waals surface area (Å²) in [6, 6.07) is 0. The van der Waals surface area contributed by atoms with Crippen LogP contribution >= 0.6 is 0 Å². The Morgan fingerprint density at radius 1 is 0.545 bits per heavy atom. The smallest absolute Gasteiger partial charge is 0.358 e. The molecule has 0 aliphatic heterocycles. The number of hydrogen-bond donors (Lipinski definition) is 0. The van der Waals surface area contributed by atoms with Crippen LogP contribution in [0.25, 0.3) is 0 Å². The van der Waals surface area contributed by atoms with E-state index in [0.717, 1.165) is 0 Å². The first kappa shape index (κ1) is 86.3. The molecule has 0 heterocycles. The third-order valence-electron chi connectivity index (χ3n) is 0. The summed E-state index contributed by atoms with van der Waals surface area (Å²) in [6.45, 7) is 10.0. The quantitative estimate of drug-likeness (QED) is 0.355. The summed E-state index contributed by atoms with van der Waals surface area (Å²) in [5, 5.41) is 0. The summed E-state index contributed by atoms with van der Waals surface area (Å²) in [6.07, 6.45) is 0. The Labute approximate surface area is 154 Å². The SMILES string of the molecule is [CH2-]C.[CH2-]C.[CH3-].[CH3-].[CH3-].[W+2].[W+2].[Y].[Y]. The molecular formula is C7H19W2Y2-. The molecule has 0 N–H and O–H groups in total. The van der Waals surface area contributed by atoms with Gasteiger partial charge in [-0.25, -0.2) is 0 Å². The standard InChI is InChI=1S/2C2H5.3CH3.2W.2Y/c2*1-2;;;;;;;/h2*1H2,2H3;3*1H3;;;;/q5*-1;2*+2;;. The fraction of sp³-hybridized carbons (Fsp3) is 0.286. The van der Waals surface area contributed by atoms with Gasteiger partial charge in [0.2, 0.25) is 0 Å². The molecule has 0 saturated carbocycles. The van der Waals surface area contributed by atoms with Gasteiger partial charge in [0.25, 0.3) is 0 Å². The average molecular weight is 649 g/mol. The van der Waals surface area contributed by atoms with E-state index in [4.69, 9.17) is 0 Å². The first-order valence-electron chi connectivity index (χ1n) is 1.41. The fourth-order valence-electron chi connectivity index (χ4n) is 0. The molecule has 4 heteroatoms. The first-order valence-corrected chi connectivity index (χ1v) is 1.41. The van der Waals surface area contributed by atoms with Crippen molar-refractivity contribution >= 4 is 0 Å². The van der Waals surface area contributed by atoms with Gasteiger partial charge in [0.1, 0.15) is 0 Å². The van der Waals surface area contributed by atoms with Crippen LogP contribution in [0.15, 0.2) is 0 Å². The Bertz CT molecular complexity index is 14.4. The Morgan fingerprint density at radius 2 is 0.545 bits per heavy atom. The molecule has 0 amide bonds. The predicted molar refractivity (Wildman–Crippen MR) is 41.3 cm³/mol. The van der Waals surface area contributed by atoms with E-state index >= 15 is 0 Å². The Morgan fingerprint density at radius 3 is 0.545 bits per heavy atom. The van der Waals surface area contributed by atoms with Crippen molar-refractivity contribution in [2.24, 2.45) is 0 Å². The molecule has 0 atom stereocenters. The van der Waals surface area contributed by atoms with Crippen molar-refractivity contribution < 1.29 is 108 Å². The second-order valence-electron chi connectivity index (χ2n) is 0. The van der Waals surface area contributed by atoms with Crippen LogP contribution in [0.1, 0.15) is 13.8 Å². The van der Waals surface area contributed by atoms with Crippen molar-refractivity contribution in [2.75, 3.05) is 0 Å². The molecule has 0 aliphatic rings. The van der Waals surface area contributed by atoms with Crippen molar-refractivity contribution in [1.29, 1.82) is 0 Å². The molecule has 2 radical (unpaired) electrons. The summed E-state index contributed by atoms with van der Waals surface area (Å²) in [5.74, 6) is 0. The Hall–Kier alpha value is 3.58. The number of hydrogen-bond acceptors (Lipinski definition) is 0. The summed E-state index contributed by atoms with van der Waals surface area (Å²) in [7, 11) is 0. The molecule has 0 unspecified atom stereocenters. The number of rotatable bonds is 0. The zero-order valence-electron chi connectivity index (χ0n) is 8.39. The van der Waals surface area contributed by atoms with E-state index in [1.807, 2.05) is 0 Å². The van der Waals surface area contributed by atoms with Crippen LogP contribution < -0.4 is 0 Å². The Balaban J connectivity index is -0.000000000635. The zero-order chi connectivity index (χ0) is 4.00. The summed E-state index contributed by atoms with van der Waals surface area (Å²) in [5.41, 5.74) is 0. The van der Waals surface area contributed by atoms with E-state index in [1.54, 1.807) is 13.8 Å². The molecule has 0 nitrogen and oxygen atoms in total. The maximum absolute atomic E-state index is 3.25. The van der Waals surface area contributed by atoms with Gasteiger partial charge in [0, 0.05) is 65.4 Å². The van der Waals surface area contributed by atoms with Gasteiger partial charge in [0.15, 0.2) is 0 Å². The molecule has 0 fully saturated rings. The molecule has 66 valence electrons. The third kappa shape index (κ3) is 142. The van der Waals surface area contributed by atoms with Crippen LogP contribution in [0.4, 0.5) is 0 Å². The molecule has 0 aromatic heterocycles. The van der Waals surface area contributed by atoms with Crippen molar-refractivity contribution in [1.82, 2.24) is 0 Å². The normalized spacial score (nSPS) is 1.09. The monoisotopic (exact) mass is 649 g/mol. The molecule has 0 saturated heterocycles. The molecule has 0 rings (SSSR count). The minimum absolute atomic E-state index is 0. The second-order valence-corrected chi connectivity index (χ2v) is 0. The van der Waals surface area contributed by atoms with Crippen LogP contribution in [-0.4, -0.2) is 0 Å². The van der Waals surface area contributed by atoms with E-state index in [0.29, 0.717) is 0 Å². The van der Waals surface area contributed by atoms with Gasteiger partial charge in [-0.3, -0.25) is 0 Å². The molecule has 0 spiro atoms. The largest absolute Gasteiger partial charge is 2.00 e. The van der Waals surface area contributed by atoms with Crippen LogP contribution in [0.5, 0.6) is 0 Å². The summed E-state index contributed by atoms with van der Waals surface area (Å²) in [4.78, 5) is 0. The van der Waals surface area contributed by atoms with Gasteiger partial charge >= 0.3 is 42.1 Å². The van der Waals surface area contributed by atoms with Crippen molar-refractivity contribution in [3.05, 3.63) is 36.1 Å². The molecule has 0 aromatic carbocycles. The minimum atomic E-state index is 0. The van der Waals surface area contributed by atoms with Crippen molar-refractivity contribution in [3.63, 3.8) is 0 Å². The van der Waals surface area contributed by atoms with Gasteiger partial charge in [-0.15, -0.1) is 0 Å². The van der Waals surface area contributed by atoms with Gasteiger partial charge < -0.3 is 36.1 Å². The average Bonchev–Trinajstić information content (AvgIpc) is 1.50. The van der Waals surface area contributed by atoms with E-state index < -0.39 is 0 Å². The van der Waals surface area contributed by atoms with E-state index in [2.05, 4.69) is 13.8 Å². The Kier molecular flexibility index (Phi) is 1310. The van der Waals surface area contributed by atoms with Gasteiger partial charge in [-0.1, -0.05) is 0 Å². The summed E-state index contributed by atoms with van der Waals surface area (Å²) >= 11 is 0.